The minimum atomic E-state index is -0.949. The van der Waals surface area contributed by atoms with Crippen LogP contribution < -0.4 is 10.9 Å². The molecule has 1 N–H and O–H groups in total. The van der Waals surface area contributed by atoms with Crippen LogP contribution in [-0.2, 0) is 0 Å². The van der Waals surface area contributed by atoms with E-state index in [0.29, 0.717) is 18.3 Å². The van der Waals surface area contributed by atoms with Crippen molar-refractivity contribution in [3.05, 3.63) is 93.8 Å². The Labute approximate surface area is 148 Å². The van der Waals surface area contributed by atoms with E-state index in [1.165, 1.54) is 16.7 Å². The average molecular weight is 354 g/mol. The molecule has 0 unspecified atom stereocenters. The summed E-state index contributed by atoms with van der Waals surface area (Å²) in [5.41, 5.74) is 0.107. The van der Waals surface area contributed by atoms with E-state index in [9.17, 15) is 18.4 Å². The second-order valence-electron chi connectivity index (χ2n) is 5.59. The first-order valence-corrected chi connectivity index (χ1v) is 8.08. The van der Waals surface area contributed by atoms with Crippen molar-refractivity contribution in [2.75, 3.05) is 11.9 Å². The van der Waals surface area contributed by atoms with Crippen LogP contribution in [-0.4, -0.2) is 16.9 Å². The number of anilines is 1. The van der Waals surface area contributed by atoms with Gasteiger partial charge in [0.25, 0.3) is 5.56 Å². The maximum Gasteiger partial charge on any atom is 0.256 e. The number of hydrogen-bond donors (Lipinski definition) is 1. The summed E-state index contributed by atoms with van der Waals surface area (Å²) in [6.07, 6.45) is 0. The number of hydrogen-bond acceptors (Lipinski definition) is 3. The smallest absolute Gasteiger partial charge is 0.256 e. The first-order valence-electron chi connectivity index (χ1n) is 8.08. The van der Waals surface area contributed by atoms with Crippen LogP contribution in [0, 0.1) is 11.6 Å². The van der Waals surface area contributed by atoms with Crippen LogP contribution in [0.2, 0.25) is 0 Å². The molecule has 0 atom stereocenters. The molecule has 0 amide bonds. The number of ketones is 1. The zero-order chi connectivity index (χ0) is 18.7. The number of para-hydroxylation sites is 1. The van der Waals surface area contributed by atoms with Crippen LogP contribution in [0.4, 0.5) is 14.6 Å². The van der Waals surface area contributed by atoms with E-state index in [4.69, 9.17) is 0 Å². The number of pyridine rings is 1. The van der Waals surface area contributed by atoms with Gasteiger partial charge in [-0.3, -0.25) is 14.2 Å². The molecule has 2 aromatic carbocycles. The fraction of sp³-hybridized carbons (Fsp3) is 0.100. The van der Waals surface area contributed by atoms with E-state index in [1.807, 2.05) is 13.0 Å². The van der Waals surface area contributed by atoms with E-state index >= 15 is 0 Å². The van der Waals surface area contributed by atoms with Crippen LogP contribution in [0.25, 0.3) is 5.69 Å². The SMILES string of the molecule is CCNc1c(C(=O)c2ccc(F)cc2F)ccc(=O)n1-c1ccccc1. The molecule has 0 bridgehead atoms. The zero-order valence-electron chi connectivity index (χ0n) is 14.0. The van der Waals surface area contributed by atoms with E-state index in [0.717, 1.165) is 12.1 Å². The number of nitrogens with one attached hydrogen (secondary N) is 1. The van der Waals surface area contributed by atoms with Crippen molar-refractivity contribution in [1.82, 2.24) is 4.57 Å². The molecule has 3 aromatic rings. The van der Waals surface area contributed by atoms with Crippen molar-refractivity contribution in [3.63, 3.8) is 0 Å². The molecule has 0 aliphatic heterocycles. The molecule has 0 aliphatic carbocycles. The van der Waals surface area contributed by atoms with Gasteiger partial charge in [0.1, 0.15) is 17.5 Å². The minimum absolute atomic E-state index is 0.126. The van der Waals surface area contributed by atoms with Gasteiger partial charge in [0, 0.05) is 18.7 Å². The Morgan fingerprint density at radius 2 is 1.69 bits per heavy atom. The van der Waals surface area contributed by atoms with E-state index in [2.05, 4.69) is 5.32 Å². The summed E-state index contributed by atoms with van der Waals surface area (Å²) in [4.78, 5) is 25.3. The lowest BCUT2D eigenvalue weighted by molar-refractivity contribution is 0.103. The van der Waals surface area contributed by atoms with Crippen LogP contribution in [0.15, 0.2) is 65.5 Å². The van der Waals surface area contributed by atoms with Crippen LogP contribution >= 0.6 is 0 Å². The monoisotopic (exact) mass is 354 g/mol. The highest BCUT2D eigenvalue weighted by Crippen LogP contribution is 2.23. The zero-order valence-corrected chi connectivity index (χ0v) is 14.0. The van der Waals surface area contributed by atoms with Gasteiger partial charge >= 0.3 is 0 Å². The third kappa shape index (κ3) is 3.26. The minimum Gasteiger partial charge on any atom is -0.371 e. The van der Waals surface area contributed by atoms with Gasteiger partial charge in [0.15, 0.2) is 5.78 Å². The number of rotatable bonds is 5. The Morgan fingerprint density at radius 1 is 1.00 bits per heavy atom. The highest BCUT2D eigenvalue weighted by atomic mass is 19.1. The largest absolute Gasteiger partial charge is 0.371 e. The van der Waals surface area contributed by atoms with Gasteiger partial charge in [-0.15, -0.1) is 0 Å². The molecule has 0 aliphatic rings. The lowest BCUT2D eigenvalue weighted by Crippen LogP contribution is -2.24. The number of carbonyl (C=O) groups is 1. The first kappa shape index (κ1) is 17.5. The molecule has 0 saturated carbocycles. The van der Waals surface area contributed by atoms with Crippen molar-refractivity contribution >= 4 is 11.6 Å². The molecule has 0 saturated heterocycles. The molecule has 6 heteroatoms. The normalized spacial score (nSPS) is 10.6. The fourth-order valence-corrected chi connectivity index (χ4v) is 2.72. The van der Waals surface area contributed by atoms with Gasteiger partial charge in [0.2, 0.25) is 0 Å². The summed E-state index contributed by atoms with van der Waals surface area (Å²) in [5, 5.41) is 3.01. The molecule has 3 rings (SSSR count). The molecule has 0 spiro atoms. The quantitative estimate of drug-likeness (QED) is 0.710. The van der Waals surface area contributed by atoms with Gasteiger partial charge in [-0.25, -0.2) is 8.78 Å². The summed E-state index contributed by atoms with van der Waals surface area (Å²) in [6.45, 7) is 2.27. The lowest BCUT2D eigenvalue weighted by atomic mass is 10.0. The Kier molecular flexibility index (Phi) is 4.93. The van der Waals surface area contributed by atoms with E-state index in [1.54, 1.807) is 24.3 Å². The molecule has 0 radical (unpaired) electrons. The molecular formula is C20H16F2N2O2. The number of aromatic nitrogens is 1. The molecule has 1 aromatic heterocycles. The summed E-state index contributed by atoms with van der Waals surface area (Å²) >= 11 is 0. The summed E-state index contributed by atoms with van der Waals surface area (Å²) in [7, 11) is 0. The summed E-state index contributed by atoms with van der Waals surface area (Å²) in [5.74, 6) is -2.09. The molecule has 26 heavy (non-hydrogen) atoms. The number of benzene rings is 2. The standard InChI is InChI=1S/C20H16F2N2O2/c1-2-23-20-16(19(26)15-9-8-13(21)12-17(15)22)10-11-18(25)24(20)14-6-4-3-5-7-14/h3-12,23H,2H2,1H3. The molecule has 132 valence electrons. The van der Waals surface area contributed by atoms with Gasteiger partial charge in [-0.05, 0) is 37.3 Å². The fourth-order valence-electron chi connectivity index (χ4n) is 2.72. The van der Waals surface area contributed by atoms with Crippen LogP contribution in [0.3, 0.4) is 0 Å². The van der Waals surface area contributed by atoms with Crippen LogP contribution in [0.1, 0.15) is 22.8 Å². The third-order valence-electron chi connectivity index (χ3n) is 3.87. The van der Waals surface area contributed by atoms with Crippen molar-refractivity contribution in [2.24, 2.45) is 0 Å². The van der Waals surface area contributed by atoms with Crippen molar-refractivity contribution < 1.29 is 13.6 Å². The second kappa shape index (κ2) is 7.31. The Balaban J connectivity index is 2.22. The maximum atomic E-state index is 14.1. The average Bonchev–Trinajstić information content (AvgIpc) is 2.62. The lowest BCUT2D eigenvalue weighted by Gasteiger charge is -2.17. The summed E-state index contributed by atoms with van der Waals surface area (Å²) < 4.78 is 28.6. The van der Waals surface area contributed by atoms with Crippen molar-refractivity contribution in [3.8, 4) is 5.69 Å². The van der Waals surface area contributed by atoms with Crippen molar-refractivity contribution in [2.45, 2.75) is 6.92 Å². The third-order valence-corrected chi connectivity index (χ3v) is 3.87. The topological polar surface area (TPSA) is 51.1 Å². The van der Waals surface area contributed by atoms with Gasteiger partial charge in [-0.2, -0.15) is 0 Å². The number of halogens is 2. The van der Waals surface area contributed by atoms with E-state index < -0.39 is 17.4 Å². The van der Waals surface area contributed by atoms with Gasteiger partial charge in [-0.1, -0.05) is 18.2 Å². The molecule has 0 fully saturated rings. The molecule has 4 nitrogen and oxygen atoms in total. The van der Waals surface area contributed by atoms with Gasteiger partial charge in [0.05, 0.1) is 16.8 Å². The highest BCUT2D eigenvalue weighted by molar-refractivity contribution is 6.12. The van der Waals surface area contributed by atoms with Gasteiger partial charge < -0.3 is 5.32 Å². The second-order valence-corrected chi connectivity index (χ2v) is 5.59. The number of nitrogens with zero attached hydrogens (tertiary/aromatic N) is 1. The van der Waals surface area contributed by atoms with E-state index in [-0.39, 0.29) is 22.5 Å². The predicted octanol–water partition coefficient (Wildman–Crippen LogP) is 3.78. The van der Waals surface area contributed by atoms with Crippen LogP contribution in [0.5, 0.6) is 0 Å². The summed E-state index contributed by atoms with van der Waals surface area (Å²) in [6, 6.07) is 14.2. The Morgan fingerprint density at radius 3 is 2.35 bits per heavy atom. The Hall–Kier alpha value is -3.28. The van der Waals surface area contributed by atoms with Crippen molar-refractivity contribution in [1.29, 1.82) is 0 Å². The molecule has 1 heterocycles. The molecular weight excluding hydrogens is 338 g/mol. The first-order chi connectivity index (χ1) is 12.5. The Bertz CT molecular complexity index is 1010. The predicted molar refractivity (Wildman–Crippen MR) is 96.0 cm³/mol. The highest BCUT2D eigenvalue weighted by Gasteiger charge is 2.21. The maximum absolute atomic E-state index is 14.1. The number of carbonyl (C=O) groups excluding carboxylic acids is 1.